The topological polar surface area (TPSA) is 18.1 Å². The van der Waals surface area contributed by atoms with Crippen LogP contribution >= 0.6 is 0 Å². The van der Waals surface area contributed by atoms with Crippen molar-refractivity contribution in [1.82, 2.24) is 4.57 Å². The molecule has 1 atom stereocenters. The van der Waals surface area contributed by atoms with E-state index in [2.05, 4.69) is 180 Å². The Morgan fingerprint density at radius 1 is 0.392 bits per heavy atom. The molecular formula is C49H31NO. The molecule has 2 aromatic heterocycles. The van der Waals surface area contributed by atoms with Gasteiger partial charge in [0.05, 0.1) is 16.7 Å². The monoisotopic (exact) mass is 649 g/mol. The maximum Gasteiger partial charge on any atom is 0.136 e. The molecule has 1 aliphatic rings. The summed E-state index contributed by atoms with van der Waals surface area (Å²) < 4.78 is 8.79. The Labute approximate surface area is 295 Å². The third-order valence-corrected chi connectivity index (χ3v) is 10.9. The highest BCUT2D eigenvalue weighted by Crippen LogP contribution is 2.49. The van der Waals surface area contributed by atoms with E-state index in [-0.39, 0.29) is 5.92 Å². The van der Waals surface area contributed by atoms with E-state index in [9.17, 15) is 0 Å². The Hall–Kier alpha value is -6.64. The lowest BCUT2D eigenvalue weighted by Gasteiger charge is -2.16. The quantitative estimate of drug-likeness (QED) is 0.186. The van der Waals surface area contributed by atoms with Crippen LogP contribution in [0.1, 0.15) is 22.6 Å². The van der Waals surface area contributed by atoms with Crippen molar-refractivity contribution in [2.75, 3.05) is 0 Å². The van der Waals surface area contributed by atoms with Gasteiger partial charge in [-0.1, -0.05) is 146 Å². The Morgan fingerprint density at radius 2 is 1.04 bits per heavy atom. The van der Waals surface area contributed by atoms with E-state index in [1.165, 1.54) is 71.9 Å². The van der Waals surface area contributed by atoms with Crippen molar-refractivity contribution in [2.45, 2.75) is 5.92 Å². The second kappa shape index (κ2) is 10.9. The number of fused-ring (bicyclic) bond motifs is 9. The van der Waals surface area contributed by atoms with Gasteiger partial charge in [-0.15, -0.1) is 0 Å². The first-order valence-electron chi connectivity index (χ1n) is 17.6. The van der Waals surface area contributed by atoms with Gasteiger partial charge in [-0.3, -0.25) is 0 Å². The molecule has 0 fully saturated rings. The molecular weight excluding hydrogens is 619 g/mol. The van der Waals surface area contributed by atoms with E-state index in [1.807, 2.05) is 6.07 Å². The number of nitrogens with zero attached hydrogens (tertiary/aromatic N) is 1. The van der Waals surface area contributed by atoms with E-state index >= 15 is 0 Å². The molecule has 8 aromatic carbocycles. The molecule has 0 saturated carbocycles. The molecule has 51 heavy (non-hydrogen) atoms. The molecule has 0 amide bonds. The highest BCUT2D eigenvalue weighted by atomic mass is 16.3. The number of para-hydroxylation sites is 3. The van der Waals surface area contributed by atoms with Gasteiger partial charge in [0.15, 0.2) is 0 Å². The lowest BCUT2D eigenvalue weighted by atomic mass is 9.88. The van der Waals surface area contributed by atoms with E-state index in [1.54, 1.807) is 0 Å². The van der Waals surface area contributed by atoms with E-state index < -0.39 is 0 Å². The first-order chi connectivity index (χ1) is 25.3. The summed E-state index contributed by atoms with van der Waals surface area (Å²) in [6, 6.07) is 66.2. The predicted molar refractivity (Wildman–Crippen MR) is 212 cm³/mol. The summed E-state index contributed by atoms with van der Waals surface area (Å²) in [5.74, 6) is 0.209. The Bertz CT molecular complexity index is 2980. The fourth-order valence-electron chi connectivity index (χ4n) is 8.70. The summed E-state index contributed by atoms with van der Waals surface area (Å²) in [7, 11) is 0. The minimum absolute atomic E-state index is 0.209. The van der Waals surface area contributed by atoms with Crippen LogP contribution < -0.4 is 0 Å². The largest absolute Gasteiger partial charge is 0.456 e. The third kappa shape index (κ3) is 4.17. The molecule has 2 nitrogen and oxygen atoms in total. The van der Waals surface area contributed by atoms with Crippen LogP contribution in [0.5, 0.6) is 0 Å². The SMILES string of the molecule is c1ccc(C2c3ccccc3-c3ccc(-c4ccc5c6ccccc6n(-c6ccccc6-c6cccc7oc8ccccc8c67)c5c4)cc32)cc1. The first kappa shape index (κ1) is 28.2. The molecule has 1 unspecified atom stereocenters. The molecule has 10 aromatic rings. The number of furan rings is 1. The highest BCUT2D eigenvalue weighted by Gasteiger charge is 2.30. The Morgan fingerprint density at radius 3 is 1.96 bits per heavy atom. The normalized spacial score (nSPS) is 13.7. The second-order valence-corrected chi connectivity index (χ2v) is 13.6. The fourth-order valence-corrected chi connectivity index (χ4v) is 8.70. The highest BCUT2D eigenvalue weighted by molar-refractivity contribution is 6.14. The molecule has 1 aliphatic carbocycles. The molecule has 0 saturated heterocycles. The van der Waals surface area contributed by atoms with Gasteiger partial charge >= 0.3 is 0 Å². The standard InChI is InChI=1S/C49H31NO/c1-2-13-31(14-3-1)48-39-18-5-4-15-34(39)35-27-25-32(29-42(35)48)33-26-28-38-36-16-6-9-21-43(36)50(45(38)30-33)44-22-10-7-17-37(44)40-20-12-24-47-49(40)41-19-8-11-23-46(41)51-47/h1-30,48H. The Balaban J connectivity index is 1.13. The molecule has 0 N–H and O–H groups in total. The maximum atomic E-state index is 6.33. The minimum atomic E-state index is 0.209. The van der Waals surface area contributed by atoms with Gasteiger partial charge < -0.3 is 8.98 Å². The van der Waals surface area contributed by atoms with Crippen LogP contribution in [0.15, 0.2) is 186 Å². The first-order valence-corrected chi connectivity index (χ1v) is 17.6. The van der Waals surface area contributed by atoms with Crippen LogP contribution in [-0.2, 0) is 0 Å². The summed E-state index contributed by atoms with van der Waals surface area (Å²) in [4.78, 5) is 0. The van der Waals surface area contributed by atoms with Crippen LogP contribution in [0.3, 0.4) is 0 Å². The fraction of sp³-hybridized carbons (Fsp3) is 0.0204. The lowest BCUT2D eigenvalue weighted by Crippen LogP contribution is -1.99. The van der Waals surface area contributed by atoms with Gasteiger partial charge in [0, 0.05) is 33.0 Å². The summed E-state index contributed by atoms with van der Waals surface area (Å²) in [5, 5.41) is 4.77. The van der Waals surface area contributed by atoms with Crippen molar-refractivity contribution < 1.29 is 4.42 Å². The molecule has 2 heterocycles. The van der Waals surface area contributed by atoms with E-state index in [4.69, 9.17) is 4.42 Å². The molecule has 0 aliphatic heterocycles. The van der Waals surface area contributed by atoms with Gasteiger partial charge in [-0.2, -0.15) is 0 Å². The number of rotatable bonds is 4. The van der Waals surface area contributed by atoms with Crippen molar-refractivity contribution in [3.8, 4) is 39.1 Å². The second-order valence-electron chi connectivity index (χ2n) is 13.6. The van der Waals surface area contributed by atoms with Gasteiger partial charge in [0.1, 0.15) is 11.2 Å². The van der Waals surface area contributed by atoms with Crippen LogP contribution in [0.2, 0.25) is 0 Å². The van der Waals surface area contributed by atoms with Crippen molar-refractivity contribution in [3.63, 3.8) is 0 Å². The number of hydrogen-bond donors (Lipinski definition) is 0. The average molecular weight is 650 g/mol. The number of hydrogen-bond acceptors (Lipinski definition) is 1. The summed E-state index contributed by atoms with van der Waals surface area (Å²) in [6.45, 7) is 0. The van der Waals surface area contributed by atoms with Gasteiger partial charge in [-0.05, 0) is 80.9 Å². The smallest absolute Gasteiger partial charge is 0.136 e. The van der Waals surface area contributed by atoms with Crippen molar-refractivity contribution in [1.29, 1.82) is 0 Å². The zero-order valence-electron chi connectivity index (χ0n) is 27.8. The summed E-state index contributed by atoms with van der Waals surface area (Å²) in [5.41, 5.74) is 16.8. The van der Waals surface area contributed by atoms with Crippen LogP contribution in [0, 0.1) is 0 Å². The van der Waals surface area contributed by atoms with Crippen molar-refractivity contribution >= 4 is 43.7 Å². The van der Waals surface area contributed by atoms with Crippen molar-refractivity contribution in [2.24, 2.45) is 0 Å². The minimum Gasteiger partial charge on any atom is -0.456 e. The maximum absolute atomic E-state index is 6.33. The van der Waals surface area contributed by atoms with Gasteiger partial charge in [-0.25, -0.2) is 0 Å². The molecule has 0 radical (unpaired) electrons. The van der Waals surface area contributed by atoms with Crippen LogP contribution in [0.4, 0.5) is 0 Å². The van der Waals surface area contributed by atoms with E-state index in [0.717, 1.165) is 27.6 Å². The van der Waals surface area contributed by atoms with Gasteiger partial charge in [0.25, 0.3) is 0 Å². The average Bonchev–Trinajstić information content (AvgIpc) is 3.85. The molecule has 0 spiro atoms. The molecule has 2 heteroatoms. The predicted octanol–water partition coefficient (Wildman–Crippen LogP) is 13.2. The van der Waals surface area contributed by atoms with Crippen LogP contribution in [0.25, 0.3) is 82.8 Å². The lowest BCUT2D eigenvalue weighted by molar-refractivity contribution is 0.669. The third-order valence-electron chi connectivity index (χ3n) is 10.9. The summed E-state index contributed by atoms with van der Waals surface area (Å²) >= 11 is 0. The van der Waals surface area contributed by atoms with Crippen molar-refractivity contribution in [3.05, 3.63) is 199 Å². The van der Waals surface area contributed by atoms with Crippen LogP contribution in [-0.4, -0.2) is 4.57 Å². The number of aromatic nitrogens is 1. The van der Waals surface area contributed by atoms with Gasteiger partial charge in [0.2, 0.25) is 0 Å². The van der Waals surface area contributed by atoms with E-state index in [0.29, 0.717) is 0 Å². The zero-order valence-corrected chi connectivity index (χ0v) is 27.8. The molecule has 11 rings (SSSR count). The number of benzene rings is 8. The Kier molecular flexibility index (Phi) is 6.05. The zero-order chi connectivity index (χ0) is 33.5. The molecule has 238 valence electrons. The molecule has 0 bridgehead atoms. The summed E-state index contributed by atoms with van der Waals surface area (Å²) in [6.07, 6.45) is 0.